The van der Waals surface area contributed by atoms with Crippen LogP contribution >= 0.6 is 11.3 Å². The number of hydrogen-bond acceptors (Lipinski definition) is 5. The highest BCUT2D eigenvalue weighted by Crippen LogP contribution is 2.31. The van der Waals surface area contributed by atoms with Gasteiger partial charge in [0.05, 0.1) is 18.3 Å². The number of carbonyl (C=O) groups is 1. The molecule has 0 aliphatic rings. The van der Waals surface area contributed by atoms with Gasteiger partial charge in [0.15, 0.2) is 0 Å². The Hall–Kier alpha value is -4.17. The van der Waals surface area contributed by atoms with Crippen LogP contribution in [0.1, 0.15) is 5.56 Å². The smallest absolute Gasteiger partial charge is 0.336 e. The lowest BCUT2D eigenvalue weighted by Crippen LogP contribution is -2.41. The minimum atomic E-state index is -0.568. The van der Waals surface area contributed by atoms with Gasteiger partial charge in [0, 0.05) is 16.6 Å². The van der Waals surface area contributed by atoms with Gasteiger partial charge in [-0.3, -0.25) is 14.2 Å². The molecule has 0 fully saturated rings. The van der Waals surface area contributed by atoms with Gasteiger partial charge in [0.2, 0.25) is 5.91 Å². The number of nitrogens with one attached hydrogen (secondary N) is 1. The van der Waals surface area contributed by atoms with Crippen LogP contribution in [0.5, 0.6) is 5.75 Å². The Morgan fingerprint density at radius 3 is 2.38 bits per heavy atom. The first-order valence-corrected chi connectivity index (χ1v) is 11.5. The van der Waals surface area contributed by atoms with Gasteiger partial charge in [-0.25, -0.2) is 9.36 Å². The van der Waals surface area contributed by atoms with Gasteiger partial charge in [-0.2, -0.15) is 0 Å². The van der Waals surface area contributed by atoms with E-state index in [0.29, 0.717) is 28.2 Å². The molecular formula is C26H21N3O4S. The second-order valence-corrected chi connectivity index (χ2v) is 8.80. The summed E-state index contributed by atoms with van der Waals surface area (Å²) in [5, 5.41) is 3.64. The van der Waals surface area contributed by atoms with Gasteiger partial charge >= 0.3 is 5.69 Å². The van der Waals surface area contributed by atoms with Crippen molar-refractivity contribution in [3.63, 3.8) is 0 Å². The van der Waals surface area contributed by atoms with Crippen LogP contribution in [0.25, 0.3) is 26.0 Å². The first-order chi connectivity index (χ1) is 16.6. The minimum absolute atomic E-state index is 0.209. The van der Waals surface area contributed by atoms with Crippen molar-refractivity contribution < 1.29 is 9.53 Å². The van der Waals surface area contributed by atoms with Crippen LogP contribution in [0.3, 0.4) is 0 Å². The maximum Gasteiger partial charge on any atom is 0.336 e. The average molecular weight is 472 g/mol. The standard InChI is InChI=1S/C26H21N3O4S/c1-33-19-13-11-18(12-14-19)29-25(31)24-23(20-9-5-6-10-21(20)34-24)28(26(29)32)16-22(30)27-15-17-7-3-2-4-8-17/h2-14H,15-16H2,1H3,(H,27,30). The number of nitrogens with zero attached hydrogens (tertiary/aromatic N) is 2. The van der Waals surface area contributed by atoms with E-state index in [0.717, 1.165) is 20.2 Å². The predicted molar refractivity (Wildman–Crippen MR) is 134 cm³/mol. The Morgan fingerprint density at radius 1 is 0.941 bits per heavy atom. The fourth-order valence-corrected chi connectivity index (χ4v) is 5.09. The van der Waals surface area contributed by atoms with Crippen LogP contribution in [-0.2, 0) is 17.9 Å². The van der Waals surface area contributed by atoms with Gasteiger partial charge in [-0.15, -0.1) is 11.3 Å². The van der Waals surface area contributed by atoms with Gasteiger partial charge in [-0.1, -0.05) is 48.5 Å². The van der Waals surface area contributed by atoms with Crippen LogP contribution in [0.15, 0.2) is 88.5 Å². The normalized spacial score (nSPS) is 11.1. The molecule has 2 aromatic heterocycles. The summed E-state index contributed by atoms with van der Waals surface area (Å²) in [4.78, 5) is 40.0. The fraction of sp³-hybridized carbons (Fsp3) is 0.115. The molecular weight excluding hydrogens is 450 g/mol. The summed E-state index contributed by atoms with van der Waals surface area (Å²) >= 11 is 1.32. The van der Waals surface area contributed by atoms with E-state index in [1.165, 1.54) is 15.9 Å². The molecule has 0 aliphatic carbocycles. The number of methoxy groups -OCH3 is 1. The molecule has 0 aliphatic heterocycles. The Balaban J connectivity index is 1.64. The van der Waals surface area contributed by atoms with Crippen LogP contribution in [-0.4, -0.2) is 22.2 Å². The molecule has 8 heteroatoms. The first kappa shape index (κ1) is 21.7. The van der Waals surface area contributed by atoms with E-state index < -0.39 is 11.2 Å². The minimum Gasteiger partial charge on any atom is -0.497 e. The third-order valence-electron chi connectivity index (χ3n) is 5.62. The molecule has 5 aromatic rings. The molecule has 1 amide bonds. The Bertz CT molecular complexity index is 1620. The highest BCUT2D eigenvalue weighted by Gasteiger charge is 2.20. The molecule has 0 atom stereocenters. The molecule has 5 rings (SSSR count). The lowest BCUT2D eigenvalue weighted by Gasteiger charge is -2.13. The fourth-order valence-electron chi connectivity index (χ4n) is 3.95. The van der Waals surface area contributed by atoms with Crippen molar-refractivity contribution in [2.45, 2.75) is 13.1 Å². The highest BCUT2D eigenvalue weighted by atomic mass is 32.1. The van der Waals surface area contributed by atoms with Crippen LogP contribution in [0.4, 0.5) is 0 Å². The maximum absolute atomic E-state index is 13.6. The van der Waals surface area contributed by atoms with Crippen molar-refractivity contribution in [2.24, 2.45) is 0 Å². The number of aromatic nitrogens is 2. The van der Waals surface area contributed by atoms with E-state index in [-0.39, 0.29) is 12.5 Å². The second-order valence-electron chi connectivity index (χ2n) is 7.75. The first-order valence-electron chi connectivity index (χ1n) is 10.7. The summed E-state index contributed by atoms with van der Waals surface area (Å²) in [7, 11) is 1.55. The Kier molecular flexibility index (Phi) is 5.73. The average Bonchev–Trinajstić information content (AvgIpc) is 3.26. The summed E-state index contributed by atoms with van der Waals surface area (Å²) in [5.41, 5.74) is 0.870. The number of ether oxygens (including phenoxy) is 1. The lowest BCUT2D eigenvalue weighted by atomic mass is 10.2. The quantitative estimate of drug-likeness (QED) is 0.410. The molecule has 0 radical (unpaired) electrons. The summed E-state index contributed by atoms with van der Waals surface area (Å²) in [6.45, 7) is 0.138. The van der Waals surface area contributed by atoms with E-state index in [4.69, 9.17) is 4.74 Å². The van der Waals surface area contributed by atoms with Crippen LogP contribution < -0.4 is 21.3 Å². The molecule has 3 aromatic carbocycles. The van der Waals surface area contributed by atoms with Crippen LogP contribution in [0.2, 0.25) is 0 Å². The van der Waals surface area contributed by atoms with E-state index in [2.05, 4.69) is 5.32 Å². The zero-order valence-electron chi connectivity index (χ0n) is 18.4. The van der Waals surface area contributed by atoms with E-state index >= 15 is 0 Å². The molecule has 170 valence electrons. The number of fused-ring (bicyclic) bond motifs is 3. The van der Waals surface area contributed by atoms with Gasteiger partial charge in [0.25, 0.3) is 5.56 Å². The third kappa shape index (κ3) is 3.88. The topological polar surface area (TPSA) is 82.3 Å². The zero-order valence-corrected chi connectivity index (χ0v) is 19.2. The monoisotopic (exact) mass is 471 g/mol. The number of carbonyl (C=O) groups excluding carboxylic acids is 1. The summed E-state index contributed by atoms with van der Waals surface area (Å²) in [6, 6.07) is 23.7. The number of benzene rings is 3. The van der Waals surface area contributed by atoms with E-state index in [9.17, 15) is 14.4 Å². The van der Waals surface area contributed by atoms with Crippen molar-refractivity contribution in [1.29, 1.82) is 0 Å². The van der Waals surface area contributed by atoms with Crippen molar-refractivity contribution in [3.8, 4) is 11.4 Å². The van der Waals surface area contributed by atoms with Gasteiger partial charge in [-0.05, 0) is 35.9 Å². The molecule has 0 unspecified atom stereocenters. The third-order valence-corrected chi connectivity index (χ3v) is 6.77. The summed E-state index contributed by atoms with van der Waals surface area (Å²) < 4.78 is 8.99. The molecule has 0 saturated carbocycles. The molecule has 0 saturated heterocycles. The molecule has 1 N–H and O–H groups in total. The van der Waals surface area contributed by atoms with Gasteiger partial charge < -0.3 is 10.1 Å². The molecule has 0 bridgehead atoms. The molecule has 0 spiro atoms. The highest BCUT2D eigenvalue weighted by molar-refractivity contribution is 7.25. The van der Waals surface area contributed by atoms with Crippen molar-refractivity contribution >= 4 is 37.5 Å². The maximum atomic E-state index is 13.6. The molecule has 2 heterocycles. The number of hydrogen-bond donors (Lipinski definition) is 1. The van der Waals surface area contributed by atoms with E-state index in [1.54, 1.807) is 31.4 Å². The molecule has 7 nitrogen and oxygen atoms in total. The molecule has 34 heavy (non-hydrogen) atoms. The van der Waals surface area contributed by atoms with Crippen molar-refractivity contribution in [3.05, 3.63) is 105 Å². The summed E-state index contributed by atoms with van der Waals surface area (Å²) in [6.07, 6.45) is 0. The van der Waals surface area contributed by atoms with Gasteiger partial charge in [0.1, 0.15) is 17.0 Å². The number of rotatable bonds is 6. The summed E-state index contributed by atoms with van der Waals surface area (Å²) in [5.74, 6) is 0.294. The lowest BCUT2D eigenvalue weighted by molar-refractivity contribution is -0.121. The number of amides is 1. The number of thiophene rings is 1. The predicted octanol–water partition coefficient (Wildman–Crippen LogP) is 3.69. The van der Waals surface area contributed by atoms with E-state index in [1.807, 2.05) is 54.6 Å². The second kappa shape index (κ2) is 8.99. The Labute approximate surface area is 198 Å². The van der Waals surface area contributed by atoms with Crippen LogP contribution in [0, 0.1) is 0 Å². The Morgan fingerprint density at radius 2 is 1.65 bits per heavy atom. The largest absolute Gasteiger partial charge is 0.497 e. The zero-order chi connectivity index (χ0) is 23.7. The SMILES string of the molecule is COc1ccc(-n2c(=O)c3sc4ccccc4c3n(CC(=O)NCc3ccccc3)c2=O)cc1. The van der Waals surface area contributed by atoms with Crippen molar-refractivity contribution in [2.75, 3.05) is 7.11 Å². The van der Waals surface area contributed by atoms with Crippen molar-refractivity contribution in [1.82, 2.24) is 14.5 Å².